The van der Waals surface area contributed by atoms with Crippen molar-refractivity contribution in [1.29, 1.82) is 0 Å². The molecule has 1 aromatic heterocycles. The quantitative estimate of drug-likeness (QED) is 0.871. The van der Waals surface area contributed by atoms with Crippen LogP contribution in [0.15, 0.2) is 15.7 Å². The Labute approximate surface area is 120 Å². The van der Waals surface area contributed by atoms with Gasteiger partial charge in [0.2, 0.25) is 0 Å². The normalized spacial score (nSPS) is 29.6. The minimum atomic E-state index is -3.74. The van der Waals surface area contributed by atoms with Gasteiger partial charge in [0.1, 0.15) is 4.21 Å². The van der Waals surface area contributed by atoms with Gasteiger partial charge in [0.15, 0.2) is 0 Å². The molecule has 1 aromatic rings. The molecule has 0 aliphatic heterocycles. The van der Waals surface area contributed by atoms with Gasteiger partial charge in [0.25, 0.3) is 15.0 Å². The van der Waals surface area contributed by atoms with Crippen LogP contribution >= 0.6 is 22.0 Å². The summed E-state index contributed by atoms with van der Waals surface area (Å²) in [4.78, 5) is 12.1. The van der Waals surface area contributed by atoms with Gasteiger partial charge in [-0.15, -0.1) is 11.3 Å². The van der Waals surface area contributed by atoms with Crippen LogP contribution < -0.4 is 5.32 Å². The fourth-order valence-corrected chi connectivity index (χ4v) is 5.18. The minimum absolute atomic E-state index is 0.0206. The molecule has 0 aromatic carbocycles. The van der Waals surface area contributed by atoms with E-state index < -0.39 is 9.05 Å². The molecule has 2 fully saturated rings. The first kappa shape index (κ1) is 13.4. The monoisotopic (exact) mass is 319 g/mol. The Balaban J connectivity index is 1.69. The molecule has 4 nitrogen and oxygen atoms in total. The van der Waals surface area contributed by atoms with Crippen LogP contribution in [0.2, 0.25) is 0 Å². The smallest absolute Gasteiger partial charge is 0.270 e. The number of nitrogens with one attached hydrogen (secondary N) is 1. The molecule has 1 amide bonds. The van der Waals surface area contributed by atoms with E-state index in [9.17, 15) is 13.2 Å². The number of fused-ring (bicyclic) bond motifs is 2. The maximum Gasteiger partial charge on any atom is 0.270 e. The van der Waals surface area contributed by atoms with Gasteiger partial charge >= 0.3 is 0 Å². The third-order valence-corrected chi connectivity index (χ3v) is 7.17. The molecular weight excluding hydrogens is 306 g/mol. The average molecular weight is 320 g/mol. The molecule has 3 unspecified atom stereocenters. The van der Waals surface area contributed by atoms with Crippen molar-refractivity contribution in [3.63, 3.8) is 0 Å². The molecule has 3 rings (SSSR count). The second-order valence-electron chi connectivity index (χ2n) is 5.35. The van der Waals surface area contributed by atoms with Crippen molar-refractivity contribution in [2.24, 2.45) is 11.8 Å². The van der Waals surface area contributed by atoms with Crippen molar-refractivity contribution >= 4 is 37.0 Å². The van der Waals surface area contributed by atoms with E-state index in [0.717, 1.165) is 23.7 Å². The highest BCUT2D eigenvalue weighted by Gasteiger charge is 2.40. The standard InChI is InChI=1S/C12H14ClNO3S2/c13-19(16,17)11-5-9(6-18-11)12(15)14-10-4-7-1-2-8(10)3-7/h5-8,10H,1-4H2,(H,14,15). The van der Waals surface area contributed by atoms with Crippen LogP contribution in [0.5, 0.6) is 0 Å². The first-order chi connectivity index (χ1) is 8.93. The summed E-state index contributed by atoms with van der Waals surface area (Å²) in [6.45, 7) is 0. The molecule has 19 heavy (non-hydrogen) atoms. The molecule has 104 valence electrons. The first-order valence-electron chi connectivity index (χ1n) is 6.27. The van der Waals surface area contributed by atoms with E-state index in [0.29, 0.717) is 11.5 Å². The van der Waals surface area contributed by atoms with E-state index in [1.807, 2.05) is 0 Å². The molecule has 3 atom stereocenters. The predicted molar refractivity (Wildman–Crippen MR) is 74.1 cm³/mol. The van der Waals surface area contributed by atoms with E-state index in [1.54, 1.807) is 0 Å². The van der Waals surface area contributed by atoms with Crippen molar-refractivity contribution in [1.82, 2.24) is 5.32 Å². The van der Waals surface area contributed by atoms with Crippen molar-refractivity contribution in [3.8, 4) is 0 Å². The number of amides is 1. The van der Waals surface area contributed by atoms with E-state index in [-0.39, 0.29) is 16.2 Å². The fourth-order valence-electron chi connectivity index (χ4n) is 3.24. The van der Waals surface area contributed by atoms with Gasteiger partial charge in [0, 0.05) is 22.1 Å². The molecule has 0 saturated heterocycles. The molecule has 1 N–H and O–H groups in total. The molecule has 7 heteroatoms. The summed E-state index contributed by atoms with van der Waals surface area (Å²) in [6.07, 6.45) is 4.75. The van der Waals surface area contributed by atoms with Gasteiger partial charge in [-0.3, -0.25) is 4.79 Å². The lowest BCUT2D eigenvalue weighted by Crippen LogP contribution is -2.38. The highest BCUT2D eigenvalue weighted by Crippen LogP contribution is 2.44. The molecule has 2 aliphatic rings. The Morgan fingerprint density at radius 1 is 1.37 bits per heavy atom. The zero-order valence-corrected chi connectivity index (χ0v) is 12.5. The van der Waals surface area contributed by atoms with Crippen LogP contribution in [0.25, 0.3) is 0 Å². The summed E-state index contributed by atoms with van der Waals surface area (Å²) < 4.78 is 22.3. The van der Waals surface area contributed by atoms with Gasteiger partial charge in [-0.05, 0) is 37.2 Å². The Kier molecular flexibility index (Phi) is 3.35. The third-order valence-electron chi connectivity index (χ3n) is 4.13. The van der Waals surface area contributed by atoms with E-state index in [1.165, 1.54) is 30.7 Å². The Hall–Kier alpha value is -0.590. The van der Waals surface area contributed by atoms with Crippen LogP contribution in [0, 0.1) is 11.8 Å². The Morgan fingerprint density at radius 2 is 2.16 bits per heavy atom. The number of rotatable bonds is 3. The van der Waals surface area contributed by atoms with Gasteiger partial charge in [-0.25, -0.2) is 8.42 Å². The topological polar surface area (TPSA) is 63.2 Å². The molecule has 0 radical (unpaired) electrons. The highest BCUT2D eigenvalue weighted by atomic mass is 35.7. The van der Waals surface area contributed by atoms with E-state index in [2.05, 4.69) is 5.32 Å². The number of hydrogen-bond donors (Lipinski definition) is 1. The lowest BCUT2D eigenvalue weighted by molar-refractivity contribution is 0.0923. The summed E-state index contributed by atoms with van der Waals surface area (Å²) in [6, 6.07) is 1.59. The zero-order valence-electron chi connectivity index (χ0n) is 10.1. The van der Waals surface area contributed by atoms with E-state index >= 15 is 0 Å². The minimum Gasteiger partial charge on any atom is -0.349 e. The van der Waals surface area contributed by atoms with Gasteiger partial charge < -0.3 is 5.32 Å². The van der Waals surface area contributed by atoms with Crippen LogP contribution in [0.1, 0.15) is 36.0 Å². The van der Waals surface area contributed by atoms with Crippen LogP contribution in [0.3, 0.4) is 0 Å². The molecule has 2 saturated carbocycles. The van der Waals surface area contributed by atoms with Gasteiger partial charge in [0.05, 0.1) is 5.56 Å². The number of carbonyl (C=O) groups is 1. The lowest BCUT2D eigenvalue weighted by Gasteiger charge is -2.22. The maximum atomic E-state index is 12.1. The fraction of sp³-hybridized carbons (Fsp3) is 0.583. The second-order valence-corrected chi connectivity index (χ2v) is 9.05. The third kappa shape index (κ3) is 2.66. The summed E-state index contributed by atoms with van der Waals surface area (Å²) in [5, 5.41) is 4.56. The SMILES string of the molecule is O=C(NC1CC2CCC1C2)c1csc(S(=O)(=O)Cl)c1. The van der Waals surface area contributed by atoms with Crippen molar-refractivity contribution in [2.75, 3.05) is 0 Å². The van der Waals surface area contributed by atoms with E-state index in [4.69, 9.17) is 10.7 Å². The predicted octanol–water partition coefficient (Wildman–Crippen LogP) is 2.59. The van der Waals surface area contributed by atoms with Gasteiger partial charge in [-0.2, -0.15) is 0 Å². The first-order valence-corrected chi connectivity index (χ1v) is 9.46. The largest absolute Gasteiger partial charge is 0.349 e. The van der Waals surface area contributed by atoms with Crippen molar-refractivity contribution in [3.05, 3.63) is 17.0 Å². The lowest BCUT2D eigenvalue weighted by atomic mass is 9.95. The molecular formula is C12H14ClNO3S2. The second kappa shape index (κ2) is 4.75. The van der Waals surface area contributed by atoms with Crippen molar-refractivity contribution < 1.29 is 13.2 Å². The number of halogens is 1. The summed E-state index contributed by atoms with van der Waals surface area (Å²) in [5.41, 5.74) is 0.381. The average Bonchev–Trinajstić information content (AvgIpc) is 3.03. The number of hydrogen-bond acceptors (Lipinski definition) is 4. The van der Waals surface area contributed by atoms with Crippen LogP contribution in [-0.2, 0) is 9.05 Å². The maximum absolute atomic E-state index is 12.1. The van der Waals surface area contributed by atoms with Crippen LogP contribution in [0.4, 0.5) is 0 Å². The van der Waals surface area contributed by atoms with Crippen molar-refractivity contribution in [2.45, 2.75) is 35.9 Å². The highest BCUT2D eigenvalue weighted by molar-refractivity contribution is 8.15. The summed E-state index contributed by atoms with van der Waals surface area (Å²) in [7, 11) is 1.51. The zero-order chi connectivity index (χ0) is 13.6. The summed E-state index contributed by atoms with van der Waals surface area (Å²) in [5.74, 6) is 1.17. The number of thiophene rings is 1. The number of carbonyl (C=O) groups excluding carboxylic acids is 1. The van der Waals surface area contributed by atoms with Gasteiger partial charge in [-0.1, -0.05) is 6.42 Å². The Bertz CT molecular complexity index is 610. The summed E-state index contributed by atoms with van der Waals surface area (Å²) >= 11 is 0.977. The molecule has 0 spiro atoms. The molecule has 2 aliphatic carbocycles. The van der Waals surface area contributed by atoms with Crippen LogP contribution in [-0.4, -0.2) is 20.4 Å². The Morgan fingerprint density at radius 3 is 2.68 bits per heavy atom. The molecule has 1 heterocycles. The molecule has 2 bridgehead atoms.